The third kappa shape index (κ3) is 4.43. The maximum Gasteiger partial charge on any atom is 0.422 e. The summed E-state index contributed by atoms with van der Waals surface area (Å²) >= 11 is 6.10. The Hall–Kier alpha value is -2.85. The Balaban J connectivity index is 1.68. The molecule has 0 radical (unpaired) electrons. The van der Waals surface area contributed by atoms with E-state index >= 15 is 0 Å². The third-order valence-electron chi connectivity index (χ3n) is 3.90. The van der Waals surface area contributed by atoms with Gasteiger partial charge in [0.2, 0.25) is 0 Å². The van der Waals surface area contributed by atoms with Gasteiger partial charge in [-0.15, -0.1) is 0 Å². The van der Waals surface area contributed by atoms with Crippen LogP contribution in [0.2, 0.25) is 0 Å². The van der Waals surface area contributed by atoms with E-state index in [1.807, 2.05) is 0 Å². The summed E-state index contributed by atoms with van der Waals surface area (Å²) in [5.74, 6) is 0.215. The fourth-order valence-corrected chi connectivity index (χ4v) is 3.75. The van der Waals surface area contributed by atoms with Crippen LogP contribution in [0, 0.1) is 0 Å². The van der Waals surface area contributed by atoms with Crippen LogP contribution < -0.4 is 10.1 Å². The first-order valence-corrected chi connectivity index (χ1v) is 9.43. The van der Waals surface area contributed by atoms with Crippen molar-refractivity contribution in [2.24, 2.45) is 0 Å². The van der Waals surface area contributed by atoms with E-state index in [0.717, 1.165) is 11.8 Å². The van der Waals surface area contributed by atoms with Crippen molar-refractivity contribution < 1.29 is 27.1 Å². The van der Waals surface area contributed by atoms with Gasteiger partial charge in [0.15, 0.2) is 6.61 Å². The van der Waals surface area contributed by atoms with Gasteiger partial charge < -0.3 is 14.5 Å². The Kier molecular flexibility index (Phi) is 5.05. The van der Waals surface area contributed by atoms with Crippen molar-refractivity contribution in [1.29, 1.82) is 0 Å². The minimum absolute atomic E-state index is 0.0817. The fourth-order valence-electron chi connectivity index (χ4n) is 2.73. The lowest BCUT2D eigenvalue weighted by Crippen LogP contribution is -2.19. The molecule has 4 rings (SSSR count). The highest BCUT2D eigenvalue weighted by Gasteiger charge is 2.28. The van der Waals surface area contributed by atoms with Gasteiger partial charge >= 0.3 is 6.18 Å². The van der Waals surface area contributed by atoms with E-state index in [2.05, 4.69) is 10.3 Å². The zero-order chi connectivity index (χ0) is 20.6. The number of hydrogen-bond acceptors (Lipinski definition) is 6. The highest BCUT2D eigenvalue weighted by molar-refractivity contribution is 8.26. The molecule has 0 saturated carbocycles. The van der Waals surface area contributed by atoms with Gasteiger partial charge in [0.1, 0.15) is 21.4 Å². The second-order valence-electron chi connectivity index (χ2n) is 6.04. The molecule has 29 heavy (non-hydrogen) atoms. The topological polar surface area (TPSA) is 64.4 Å². The number of ether oxygens (including phenoxy) is 1. The molecule has 0 unspecified atom stereocenters. The summed E-state index contributed by atoms with van der Waals surface area (Å²) in [7, 11) is 0. The van der Waals surface area contributed by atoms with Crippen LogP contribution in [-0.4, -0.2) is 28.0 Å². The zero-order valence-corrected chi connectivity index (χ0v) is 16.1. The molecule has 1 N–H and O–H groups in total. The van der Waals surface area contributed by atoms with Crippen LogP contribution in [0.25, 0.3) is 28.2 Å². The third-order valence-corrected chi connectivity index (χ3v) is 5.07. The molecule has 1 aliphatic heterocycles. The lowest BCUT2D eigenvalue weighted by Gasteiger charge is -2.10. The molecule has 0 spiro atoms. The number of carbonyl (C=O) groups excluding carboxylic acids is 1. The molecular weight excluding hydrogens is 425 g/mol. The SMILES string of the molecule is O=C1NC(=S)S/C1=C\c1cc2cncc(-c3cccc(OCC(F)(F)F)c3)c2o1. The van der Waals surface area contributed by atoms with Gasteiger partial charge in [0.25, 0.3) is 5.91 Å². The molecule has 2 aromatic heterocycles. The van der Waals surface area contributed by atoms with Crippen LogP contribution in [0.5, 0.6) is 5.75 Å². The maximum atomic E-state index is 12.4. The van der Waals surface area contributed by atoms with Gasteiger partial charge in [-0.25, -0.2) is 0 Å². The van der Waals surface area contributed by atoms with E-state index < -0.39 is 12.8 Å². The first-order chi connectivity index (χ1) is 13.8. The predicted octanol–water partition coefficient (Wildman–Crippen LogP) is 4.92. The second kappa shape index (κ2) is 7.53. The number of carbonyl (C=O) groups is 1. The molecular formula is C19H11F3N2O3S2. The Labute approximate surface area is 171 Å². The predicted molar refractivity (Wildman–Crippen MR) is 107 cm³/mol. The number of amides is 1. The number of hydrogen-bond donors (Lipinski definition) is 1. The average molecular weight is 436 g/mol. The van der Waals surface area contributed by atoms with E-state index in [4.69, 9.17) is 21.4 Å². The van der Waals surface area contributed by atoms with E-state index in [1.54, 1.807) is 36.7 Å². The minimum Gasteiger partial charge on any atom is -0.484 e. The van der Waals surface area contributed by atoms with Crippen molar-refractivity contribution in [1.82, 2.24) is 10.3 Å². The van der Waals surface area contributed by atoms with Crippen molar-refractivity contribution >= 4 is 51.3 Å². The quantitative estimate of drug-likeness (QED) is 0.463. The summed E-state index contributed by atoms with van der Waals surface area (Å²) in [5, 5.41) is 3.21. The number of fused-ring (bicyclic) bond motifs is 1. The van der Waals surface area contributed by atoms with Crippen molar-refractivity contribution in [3.63, 3.8) is 0 Å². The van der Waals surface area contributed by atoms with E-state index in [1.165, 1.54) is 12.1 Å². The minimum atomic E-state index is -4.42. The molecule has 0 atom stereocenters. The summed E-state index contributed by atoms with van der Waals surface area (Å²) in [4.78, 5) is 16.4. The van der Waals surface area contributed by atoms with E-state index in [0.29, 0.717) is 37.1 Å². The summed E-state index contributed by atoms with van der Waals surface area (Å²) in [5.41, 5.74) is 1.67. The Morgan fingerprint density at radius 1 is 1.28 bits per heavy atom. The first-order valence-electron chi connectivity index (χ1n) is 8.21. The van der Waals surface area contributed by atoms with Gasteiger partial charge in [-0.3, -0.25) is 9.78 Å². The number of thiocarbonyl (C=S) groups is 1. The number of halogens is 3. The zero-order valence-electron chi connectivity index (χ0n) is 14.4. The number of alkyl halides is 3. The second-order valence-corrected chi connectivity index (χ2v) is 7.76. The largest absolute Gasteiger partial charge is 0.484 e. The van der Waals surface area contributed by atoms with Crippen molar-refractivity contribution in [3.05, 3.63) is 53.4 Å². The van der Waals surface area contributed by atoms with Crippen molar-refractivity contribution in [3.8, 4) is 16.9 Å². The smallest absolute Gasteiger partial charge is 0.422 e. The number of benzene rings is 1. The summed E-state index contributed by atoms with van der Waals surface area (Å²) < 4.78 is 48.3. The molecule has 0 aliphatic carbocycles. The number of aromatic nitrogens is 1. The maximum absolute atomic E-state index is 12.4. The number of pyridine rings is 1. The highest BCUT2D eigenvalue weighted by atomic mass is 32.2. The summed E-state index contributed by atoms with van der Waals surface area (Å²) in [6, 6.07) is 7.96. The average Bonchev–Trinajstić information content (AvgIpc) is 3.21. The summed E-state index contributed by atoms with van der Waals surface area (Å²) in [6.45, 7) is -1.38. The van der Waals surface area contributed by atoms with E-state index in [-0.39, 0.29) is 11.7 Å². The first kappa shape index (κ1) is 19.5. The molecule has 1 fully saturated rings. The van der Waals surface area contributed by atoms with Gasteiger partial charge in [-0.2, -0.15) is 13.2 Å². The standard InChI is InChI=1S/C19H11F3N2O3S2/c20-19(21,22)9-26-12-3-1-2-10(4-12)14-8-23-7-11-5-13(27-16(11)14)6-15-17(25)24-18(28)29-15/h1-8H,9H2,(H,24,25,28)/b15-6-. The fraction of sp³-hybridized carbons (Fsp3) is 0.105. The molecule has 3 aromatic rings. The molecule has 1 amide bonds. The number of nitrogens with zero attached hydrogens (tertiary/aromatic N) is 1. The van der Waals surface area contributed by atoms with Gasteiger partial charge in [0.05, 0.1) is 4.91 Å². The van der Waals surface area contributed by atoms with Crippen molar-refractivity contribution in [2.45, 2.75) is 6.18 Å². The Morgan fingerprint density at radius 2 is 2.10 bits per heavy atom. The number of rotatable bonds is 4. The molecule has 148 valence electrons. The molecule has 5 nitrogen and oxygen atoms in total. The number of thioether (sulfide) groups is 1. The molecule has 0 bridgehead atoms. The van der Waals surface area contributed by atoms with Gasteiger partial charge in [0, 0.05) is 29.4 Å². The van der Waals surface area contributed by atoms with Gasteiger partial charge in [-0.1, -0.05) is 36.1 Å². The van der Waals surface area contributed by atoms with Gasteiger partial charge in [-0.05, 0) is 23.8 Å². The Morgan fingerprint density at radius 3 is 2.83 bits per heavy atom. The van der Waals surface area contributed by atoms with Crippen LogP contribution in [0.4, 0.5) is 13.2 Å². The lowest BCUT2D eigenvalue weighted by molar-refractivity contribution is -0.153. The van der Waals surface area contributed by atoms with Crippen LogP contribution in [0.15, 0.2) is 52.0 Å². The van der Waals surface area contributed by atoms with Crippen LogP contribution in [0.3, 0.4) is 0 Å². The normalized spacial score (nSPS) is 15.9. The van der Waals surface area contributed by atoms with E-state index in [9.17, 15) is 18.0 Å². The molecule has 1 aliphatic rings. The lowest BCUT2D eigenvalue weighted by atomic mass is 10.1. The van der Waals surface area contributed by atoms with Crippen LogP contribution >= 0.6 is 24.0 Å². The monoisotopic (exact) mass is 436 g/mol. The molecule has 1 aromatic carbocycles. The molecule has 3 heterocycles. The molecule has 1 saturated heterocycles. The Bertz CT molecular complexity index is 1160. The molecule has 10 heteroatoms. The van der Waals surface area contributed by atoms with Crippen molar-refractivity contribution in [2.75, 3.05) is 6.61 Å². The van der Waals surface area contributed by atoms with Crippen LogP contribution in [0.1, 0.15) is 5.76 Å². The summed E-state index contributed by atoms with van der Waals surface area (Å²) in [6.07, 6.45) is 0.304. The number of furan rings is 1. The highest BCUT2D eigenvalue weighted by Crippen LogP contribution is 2.34. The number of nitrogens with one attached hydrogen (secondary N) is 1. The van der Waals surface area contributed by atoms with Crippen LogP contribution in [-0.2, 0) is 4.79 Å².